The molecule has 1 rings (SSSR count). The van der Waals surface area contributed by atoms with Gasteiger partial charge >= 0.3 is 0 Å². The Labute approximate surface area is 172 Å². The number of hydrogen-bond donors (Lipinski definition) is 1. The van der Waals surface area contributed by atoms with Crippen LogP contribution in [0.1, 0.15) is 84.8 Å². The first kappa shape index (κ1) is 24.3. The third-order valence-electron chi connectivity index (χ3n) is 5.23. The lowest BCUT2D eigenvalue weighted by atomic mass is 9.89. The summed E-state index contributed by atoms with van der Waals surface area (Å²) in [5.41, 5.74) is 5.44. The second kappa shape index (κ2) is 10.7. The quantitative estimate of drug-likeness (QED) is 0.459. The lowest BCUT2D eigenvalue weighted by Gasteiger charge is -2.24. The molecule has 1 aromatic rings. The summed E-state index contributed by atoms with van der Waals surface area (Å²) in [4.78, 5) is 0. The van der Waals surface area contributed by atoms with Crippen LogP contribution in [0.3, 0.4) is 0 Å². The second-order valence-electron chi connectivity index (χ2n) is 8.70. The van der Waals surface area contributed by atoms with Crippen LogP contribution in [-0.2, 0) is 6.42 Å². The minimum Gasteiger partial charge on any atom is -0.493 e. The van der Waals surface area contributed by atoms with E-state index in [9.17, 15) is 5.11 Å². The number of aryl methyl sites for hydroxylation is 1. The molecule has 3 heteroatoms. The SMILES string of the molecule is COc1cc(CCC=C(C)CCC(=C(C)C)C(C)(C)O)cc(C(C)C)c1OC. The van der Waals surface area contributed by atoms with Crippen molar-refractivity contribution < 1.29 is 14.6 Å². The van der Waals surface area contributed by atoms with E-state index < -0.39 is 5.60 Å². The number of hydrogen-bond acceptors (Lipinski definition) is 3. The fourth-order valence-corrected chi connectivity index (χ4v) is 3.70. The summed E-state index contributed by atoms with van der Waals surface area (Å²) in [5.74, 6) is 2.03. The highest BCUT2D eigenvalue weighted by Crippen LogP contribution is 2.37. The first-order chi connectivity index (χ1) is 13.0. The van der Waals surface area contributed by atoms with Crippen molar-refractivity contribution in [3.63, 3.8) is 0 Å². The van der Waals surface area contributed by atoms with Crippen LogP contribution in [0.15, 0.2) is 34.9 Å². The Hall–Kier alpha value is -1.74. The zero-order chi connectivity index (χ0) is 21.5. The van der Waals surface area contributed by atoms with E-state index in [1.807, 2.05) is 13.8 Å². The predicted octanol–water partition coefficient (Wildman–Crippen LogP) is 6.59. The number of methoxy groups -OCH3 is 2. The molecule has 158 valence electrons. The van der Waals surface area contributed by atoms with Gasteiger partial charge in [-0.2, -0.15) is 0 Å². The van der Waals surface area contributed by atoms with Crippen LogP contribution >= 0.6 is 0 Å². The van der Waals surface area contributed by atoms with E-state index >= 15 is 0 Å². The maximum absolute atomic E-state index is 10.3. The van der Waals surface area contributed by atoms with Crippen LogP contribution in [0.4, 0.5) is 0 Å². The van der Waals surface area contributed by atoms with Crippen LogP contribution in [0.2, 0.25) is 0 Å². The van der Waals surface area contributed by atoms with E-state index in [1.54, 1.807) is 14.2 Å². The first-order valence-corrected chi connectivity index (χ1v) is 10.3. The molecule has 3 nitrogen and oxygen atoms in total. The zero-order valence-electron chi connectivity index (χ0n) is 19.4. The van der Waals surface area contributed by atoms with Gasteiger partial charge in [-0.05, 0) is 83.4 Å². The molecule has 0 atom stereocenters. The van der Waals surface area contributed by atoms with Crippen LogP contribution < -0.4 is 9.47 Å². The molecule has 0 heterocycles. The largest absolute Gasteiger partial charge is 0.493 e. The fourth-order valence-electron chi connectivity index (χ4n) is 3.70. The maximum atomic E-state index is 10.3. The molecule has 1 N–H and O–H groups in total. The fraction of sp³-hybridized carbons (Fsp3) is 0.600. The summed E-state index contributed by atoms with van der Waals surface area (Å²) in [5, 5.41) is 10.3. The smallest absolute Gasteiger partial charge is 0.164 e. The van der Waals surface area contributed by atoms with Gasteiger partial charge in [0.15, 0.2) is 11.5 Å². The average molecular weight is 389 g/mol. The lowest BCUT2D eigenvalue weighted by Crippen LogP contribution is -2.23. The van der Waals surface area contributed by atoms with Crippen LogP contribution in [0, 0.1) is 0 Å². The topological polar surface area (TPSA) is 38.7 Å². The Morgan fingerprint density at radius 3 is 2.18 bits per heavy atom. The minimum atomic E-state index is -0.744. The molecule has 0 aliphatic carbocycles. The third kappa shape index (κ3) is 7.01. The highest BCUT2D eigenvalue weighted by molar-refractivity contribution is 5.51. The lowest BCUT2D eigenvalue weighted by molar-refractivity contribution is 0.114. The van der Waals surface area contributed by atoms with Crippen molar-refractivity contribution in [2.24, 2.45) is 0 Å². The molecule has 0 radical (unpaired) electrons. The Balaban J connectivity index is 2.81. The summed E-state index contributed by atoms with van der Waals surface area (Å²) in [6.45, 7) is 14.4. The van der Waals surface area contributed by atoms with Crippen molar-refractivity contribution in [1.82, 2.24) is 0 Å². The van der Waals surface area contributed by atoms with Gasteiger partial charge in [-0.1, -0.05) is 37.1 Å². The summed E-state index contributed by atoms with van der Waals surface area (Å²) >= 11 is 0. The molecule has 0 fully saturated rings. The second-order valence-corrected chi connectivity index (χ2v) is 8.70. The van der Waals surface area contributed by atoms with Gasteiger partial charge in [0, 0.05) is 5.56 Å². The molecule has 0 bridgehead atoms. The Morgan fingerprint density at radius 1 is 1.07 bits per heavy atom. The summed E-state index contributed by atoms with van der Waals surface area (Å²) in [6, 6.07) is 4.33. The third-order valence-corrected chi connectivity index (χ3v) is 5.23. The molecule has 0 aliphatic rings. The van der Waals surface area contributed by atoms with Gasteiger partial charge in [0.05, 0.1) is 19.8 Å². The maximum Gasteiger partial charge on any atom is 0.164 e. The zero-order valence-corrected chi connectivity index (χ0v) is 19.4. The normalized spacial score (nSPS) is 12.3. The predicted molar refractivity (Wildman–Crippen MR) is 120 cm³/mol. The van der Waals surface area contributed by atoms with Crippen molar-refractivity contribution in [2.45, 2.75) is 85.7 Å². The molecular formula is C25H40O3. The van der Waals surface area contributed by atoms with E-state index in [0.29, 0.717) is 5.92 Å². The van der Waals surface area contributed by atoms with Gasteiger partial charge < -0.3 is 14.6 Å². The Bertz CT molecular complexity index is 699. The highest BCUT2D eigenvalue weighted by Gasteiger charge is 2.20. The highest BCUT2D eigenvalue weighted by atomic mass is 16.5. The van der Waals surface area contributed by atoms with Crippen molar-refractivity contribution in [3.05, 3.63) is 46.1 Å². The number of aliphatic hydroxyl groups is 1. The van der Waals surface area contributed by atoms with E-state index in [0.717, 1.165) is 42.8 Å². The van der Waals surface area contributed by atoms with Gasteiger partial charge in [-0.15, -0.1) is 0 Å². The van der Waals surface area contributed by atoms with Crippen molar-refractivity contribution in [3.8, 4) is 11.5 Å². The van der Waals surface area contributed by atoms with Gasteiger partial charge in [0.1, 0.15) is 0 Å². The molecule has 28 heavy (non-hydrogen) atoms. The molecule has 0 spiro atoms. The molecule has 0 aromatic heterocycles. The summed E-state index contributed by atoms with van der Waals surface area (Å²) in [6.07, 6.45) is 6.17. The van der Waals surface area contributed by atoms with Gasteiger partial charge in [0.2, 0.25) is 0 Å². The van der Waals surface area contributed by atoms with E-state index in [-0.39, 0.29) is 0 Å². The van der Waals surface area contributed by atoms with Crippen LogP contribution in [0.5, 0.6) is 11.5 Å². The minimum absolute atomic E-state index is 0.380. The Morgan fingerprint density at radius 2 is 1.71 bits per heavy atom. The van der Waals surface area contributed by atoms with Gasteiger partial charge in [-0.3, -0.25) is 0 Å². The molecule has 0 saturated heterocycles. The monoisotopic (exact) mass is 388 g/mol. The van der Waals surface area contributed by atoms with Crippen molar-refractivity contribution in [2.75, 3.05) is 14.2 Å². The number of benzene rings is 1. The van der Waals surface area contributed by atoms with Crippen LogP contribution in [0.25, 0.3) is 0 Å². The number of ether oxygens (including phenoxy) is 2. The molecule has 1 aromatic carbocycles. The number of allylic oxidation sites excluding steroid dienone is 3. The van der Waals surface area contributed by atoms with Crippen molar-refractivity contribution >= 4 is 0 Å². The number of rotatable bonds is 10. The molecular weight excluding hydrogens is 348 g/mol. The standard InChI is InChI=1S/C25H40O3/c1-17(2)21-15-20(16-23(27-8)24(21)28-9)12-10-11-19(5)13-14-22(18(3)4)25(6,7)26/h11,15-17,26H,10,12-14H2,1-9H3. The summed E-state index contributed by atoms with van der Waals surface area (Å²) in [7, 11) is 3.39. The molecule has 0 amide bonds. The average Bonchev–Trinajstić information content (AvgIpc) is 2.59. The van der Waals surface area contributed by atoms with E-state index in [1.165, 1.54) is 22.3 Å². The van der Waals surface area contributed by atoms with Gasteiger partial charge in [0.25, 0.3) is 0 Å². The van der Waals surface area contributed by atoms with Crippen LogP contribution in [-0.4, -0.2) is 24.9 Å². The first-order valence-electron chi connectivity index (χ1n) is 10.3. The summed E-state index contributed by atoms with van der Waals surface area (Å²) < 4.78 is 11.1. The van der Waals surface area contributed by atoms with E-state index in [2.05, 4.69) is 52.8 Å². The Kier molecular flexibility index (Phi) is 9.29. The van der Waals surface area contributed by atoms with Gasteiger partial charge in [-0.25, -0.2) is 0 Å². The van der Waals surface area contributed by atoms with E-state index in [4.69, 9.17) is 9.47 Å². The molecule has 0 unspecified atom stereocenters. The molecule has 0 aliphatic heterocycles. The van der Waals surface area contributed by atoms with Crippen molar-refractivity contribution in [1.29, 1.82) is 0 Å². The molecule has 0 saturated carbocycles.